The van der Waals surface area contributed by atoms with Gasteiger partial charge in [-0.1, -0.05) is 13.8 Å². The number of ether oxygens (including phenoxy) is 1. The summed E-state index contributed by atoms with van der Waals surface area (Å²) in [5, 5.41) is 0. The quantitative estimate of drug-likeness (QED) is 0.844. The third kappa shape index (κ3) is 3.97. The van der Waals surface area contributed by atoms with Crippen molar-refractivity contribution in [2.75, 3.05) is 7.11 Å². The molecule has 0 bridgehead atoms. The minimum atomic E-state index is 0.319. The number of hydrogen-bond acceptors (Lipinski definition) is 2. The van der Waals surface area contributed by atoms with Crippen molar-refractivity contribution in [3.8, 4) is 5.75 Å². The molecule has 1 aromatic rings. The highest BCUT2D eigenvalue weighted by atomic mass is 16.5. The Balaban J connectivity index is 2.77. The molecule has 108 valence electrons. The molecule has 1 unspecified atom stereocenters. The molecule has 0 spiro atoms. The standard InChI is InChI=1S/C17H29NO/c1-11(2)16(18)9-7-8-15-12(3)10-17(19-6)14(5)13(15)4/h10-11,16H,7-9,18H2,1-6H3. The van der Waals surface area contributed by atoms with Crippen molar-refractivity contribution < 1.29 is 4.74 Å². The summed E-state index contributed by atoms with van der Waals surface area (Å²) in [4.78, 5) is 0. The zero-order valence-electron chi connectivity index (χ0n) is 13.3. The van der Waals surface area contributed by atoms with Crippen LogP contribution < -0.4 is 10.5 Å². The first-order valence-corrected chi connectivity index (χ1v) is 7.27. The molecule has 0 saturated carbocycles. The van der Waals surface area contributed by atoms with Crippen LogP contribution in [0, 0.1) is 26.7 Å². The largest absolute Gasteiger partial charge is 0.496 e. The summed E-state index contributed by atoms with van der Waals surface area (Å²) >= 11 is 0. The summed E-state index contributed by atoms with van der Waals surface area (Å²) in [5.41, 5.74) is 11.5. The molecule has 1 rings (SSSR count). The first-order chi connectivity index (χ1) is 8.88. The molecule has 0 aliphatic rings. The van der Waals surface area contributed by atoms with Crippen molar-refractivity contribution >= 4 is 0 Å². The highest BCUT2D eigenvalue weighted by molar-refractivity contribution is 5.48. The Bertz CT molecular complexity index is 424. The molecule has 0 amide bonds. The van der Waals surface area contributed by atoms with Crippen LogP contribution in [-0.2, 0) is 6.42 Å². The molecule has 2 N–H and O–H groups in total. The van der Waals surface area contributed by atoms with Crippen LogP contribution in [0.15, 0.2) is 6.07 Å². The zero-order valence-corrected chi connectivity index (χ0v) is 13.3. The second-order valence-electron chi connectivity index (χ2n) is 5.92. The smallest absolute Gasteiger partial charge is 0.122 e. The molecule has 0 aliphatic carbocycles. The van der Waals surface area contributed by atoms with Gasteiger partial charge in [-0.15, -0.1) is 0 Å². The van der Waals surface area contributed by atoms with E-state index in [0.717, 1.165) is 25.0 Å². The predicted molar refractivity (Wildman–Crippen MR) is 83.0 cm³/mol. The lowest BCUT2D eigenvalue weighted by Crippen LogP contribution is -2.26. The van der Waals surface area contributed by atoms with E-state index < -0.39 is 0 Å². The monoisotopic (exact) mass is 263 g/mol. The lowest BCUT2D eigenvalue weighted by molar-refractivity contribution is 0.410. The van der Waals surface area contributed by atoms with Gasteiger partial charge in [-0.05, 0) is 74.3 Å². The Morgan fingerprint density at radius 3 is 2.32 bits per heavy atom. The Morgan fingerprint density at radius 2 is 1.79 bits per heavy atom. The maximum absolute atomic E-state index is 6.11. The van der Waals surface area contributed by atoms with Crippen LogP contribution in [0.25, 0.3) is 0 Å². The second-order valence-corrected chi connectivity index (χ2v) is 5.92. The lowest BCUT2D eigenvalue weighted by atomic mass is 9.91. The van der Waals surface area contributed by atoms with Gasteiger partial charge in [0.2, 0.25) is 0 Å². The van der Waals surface area contributed by atoms with Gasteiger partial charge in [-0.25, -0.2) is 0 Å². The molecule has 2 nitrogen and oxygen atoms in total. The van der Waals surface area contributed by atoms with E-state index in [1.165, 1.54) is 22.3 Å². The van der Waals surface area contributed by atoms with E-state index in [1.54, 1.807) is 7.11 Å². The minimum absolute atomic E-state index is 0.319. The molecule has 0 fully saturated rings. The van der Waals surface area contributed by atoms with Crippen molar-refractivity contribution in [3.63, 3.8) is 0 Å². The molecule has 0 aliphatic heterocycles. The van der Waals surface area contributed by atoms with E-state index in [2.05, 4.69) is 40.7 Å². The number of aryl methyl sites for hydroxylation is 1. The number of benzene rings is 1. The predicted octanol–water partition coefficient (Wildman–Crippen LogP) is 3.93. The fraction of sp³-hybridized carbons (Fsp3) is 0.647. The molecule has 19 heavy (non-hydrogen) atoms. The number of methoxy groups -OCH3 is 1. The molecule has 0 radical (unpaired) electrons. The highest BCUT2D eigenvalue weighted by Crippen LogP contribution is 2.28. The van der Waals surface area contributed by atoms with E-state index in [0.29, 0.717) is 12.0 Å². The SMILES string of the molecule is COc1cc(C)c(CCCC(N)C(C)C)c(C)c1C. The molecule has 0 heterocycles. The molecular weight excluding hydrogens is 234 g/mol. The van der Waals surface area contributed by atoms with Gasteiger partial charge in [0.1, 0.15) is 5.75 Å². The van der Waals surface area contributed by atoms with E-state index in [9.17, 15) is 0 Å². The van der Waals surface area contributed by atoms with Gasteiger partial charge in [-0.3, -0.25) is 0 Å². The Hall–Kier alpha value is -1.02. The first-order valence-electron chi connectivity index (χ1n) is 7.27. The van der Waals surface area contributed by atoms with Crippen LogP contribution >= 0.6 is 0 Å². The Labute approximate surface area is 118 Å². The van der Waals surface area contributed by atoms with Gasteiger partial charge >= 0.3 is 0 Å². The van der Waals surface area contributed by atoms with Gasteiger partial charge < -0.3 is 10.5 Å². The normalized spacial score (nSPS) is 12.8. The van der Waals surface area contributed by atoms with Gasteiger partial charge in [-0.2, -0.15) is 0 Å². The van der Waals surface area contributed by atoms with Crippen LogP contribution in [0.1, 0.15) is 48.9 Å². The second kappa shape index (κ2) is 6.95. The molecule has 0 saturated heterocycles. The maximum Gasteiger partial charge on any atom is 0.122 e. The third-order valence-corrected chi connectivity index (χ3v) is 4.25. The number of rotatable bonds is 6. The van der Waals surface area contributed by atoms with Gasteiger partial charge in [0.05, 0.1) is 7.11 Å². The van der Waals surface area contributed by atoms with E-state index >= 15 is 0 Å². The fourth-order valence-electron chi connectivity index (χ4n) is 2.54. The zero-order chi connectivity index (χ0) is 14.6. The maximum atomic E-state index is 6.11. The minimum Gasteiger partial charge on any atom is -0.496 e. The molecule has 1 atom stereocenters. The van der Waals surface area contributed by atoms with E-state index in [1.807, 2.05) is 0 Å². The van der Waals surface area contributed by atoms with Crippen LogP contribution in [0.3, 0.4) is 0 Å². The summed E-state index contributed by atoms with van der Waals surface area (Å²) in [5.74, 6) is 1.57. The Morgan fingerprint density at radius 1 is 1.16 bits per heavy atom. The fourth-order valence-corrected chi connectivity index (χ4v) is 2.54. The van der Waals surface area contributed by atoms with Gasteiger partial charge in [0, 0.05) is 6.04 Å². The van der Waals surface area contributed by atoms with Crippen LogP contribution in [0.2, 0.25) is 0 Å². The third-order valence-electron chi connectivity index (χ3n) is 4.25. The average Bonchev–Trinajstić information content (AvgIpc) is 2.37. The summed E-state index contributed by atoms with van der Waals surface area (Å²) in [6.45, 7) is 10.9. The van der Waals surface area contributed by atoms with E-state index in [4.69, 9.17) is 10.5 Å². The van der Waals surface area contributed by atoms with Crippen molar-refractivity contribution in [2.24, 2.45) is 11.7 Å². The summed E-state index contributed by atoms with van der Waals surface area (Å²) < 4.78 is 5.42. The summed E-state index contributed by atoms with van der Waals surface area (Å²) in [7, 11) is 1.74. The average molecular weight is 263 g/mol. The van der Waals surface area contributed by atoms with Crippen molar-refractivity contribution in [1.82, 2.24) is 0 Å². The molecule has 0 aromatic heterocycles. The van der Waals surface area contributed by atoms with Crippen LogP contribution in [-0.4, -0.2) is 13.2 Å². The molecule has 2 heteroatoms. The molecular formula is C17H29NO. The topological polar surface area (TPSA) is 35.2 Å². The van der Waals surface area contributed by atoms with Gasteiger partial charge in [0.15, 0.2) is 0 Å². The van der Waals surface area contributed by atoms with Crippen molar-refractivity contribution in [1.29, 1.82) is 0 Å². The summed E-state index contributed by atoms with van der Waals surface area (Å²) in [6, 6.07) is 2.47. The van der Waals surface area contributed by atoms with Crippen molar-refractivity contribution in [2.45, 2.75) is 59.9 Å². The first kappa shape index (κ1) is 16.0. The van der Waals surface area contributed by atoms with Gasteiger partial charge in [0.25, 0.3) is 0 Å². The molecule has 1 aromatic carbocycles. The summed E-state index contributed by atoms with van der Waals surface area (Å²) in [6.07, 6.45) is 3.37. The highest BCUT2D eigenvalue weighted by Gasteiger charge is 2.12. The van der Waals surface area contributed by atoms with Crippen LogP contribution in [0.5, 0.6) is 5.75 Å². The number of hydrogen-bond donors (Lipinski definition) is 1. The van der Waals surface area contributed by atoms with Crippen molar-refractivity contribution in [3.05, 3.63) is 28.3 Å². The number of nitrogens with two attached hydrogens (primary N) is 1. The van der Waals surface area contributed by atoms with E-state index in [-0.39, 0.29) is 0 Å². The van der Waals surface area contributed by atoms with Crippen LogP contribution in [0.4, 0.5) is 0 Å². The Kier molecular flexibility index (Phi) is 5.86. The lowest BCUT2D eigenvalue weighted by Gasteiger charge is -2.18.